The Balaban J connectivity index is 1.92. The SMILES string of the molecule is O=C(O)CCCNC(=O)N1CCc2c(Cl)cccc21. The number of aliphatic carboxylic acids is 1. The Hall–Kier alpha value is -1.75. The van der Waals surface area contributed by atoms with Gasteiger partial charge in [0, 0.05) is 24.5 Å². The average Bonchev–Trinajstić information content (AvgIpc) is 2.79. The Kier molecular flexibility index (Phi) is 4.27. The van der Waals surface area contributed by atoms with Crippen LogP contribution in [0.3, 0.4) is 0 Å². The highest BCUT2D eigenvalue weighted by Crippen LogP contribution is 2.33. The molecule has 2 rings (SSSR count). The summed E-state index contributed by atoms with van der Waals surface area (Å²) in [6, 6.07) is 5.29. The second-order valence-corrected chi connectivity index (χ2v) is 4.78. The van der Waals surface area contributed by atoms with Crippen LogP contribution in [0.4, 0.5) is 10.5 Å². The number of carboxylic acids is 1. The van der Waals surface area contributed by atoms with Crippen LogP contribution in [0.15, 0.2) is 18.2 Å². The topological polar surface area (TPSA) is 69.6 Å². The van der Waals surface area contributed by atoms with Gasteiger partial charge in [0.1, 0.15) is 0 Å². The van der Waals surface area contributed by atoms with Crippen LogP contribution in [0.1, 0.15) is 18.4 Å². The predicted molar refractivity (Wildman–Crippen MR) is 72.8 cm³/mol. The van der Waals surface area contributed by atoms with E-state index in [4.69, 9.17) is 16.7 Å². The largest absolute Gasteiger partial charge is 0.481 e. The van der Waals surface area contributed by atoms with Gasteiger partial charge in [0.15, 0.2) is 0 Å². The fraction of sp³-hybridized carbons (Fsp3) is 0.385. The van der Waals surface area contributed by atoms with Crippen molar-refractivity contribution in [2.24, 2.45) is 0 Å². The number of carbonyl (C=O) groups is 2. The van der Waals surface area contributed by atoms with Crippen LogP contribution in [-0.2, 0) is 11.2 Å². The maximum atomic E-state index is 12.0. The van der Waals surface area contributed by atoms with Crippen LogP contribution >= 0.6 is 11.6 Å². The smallest absolute Gasteiger partial charge is 0.321 e. The van der Waals surface area contributed by atoms with Crippen molar-refractivity contribution in [3.05, 3.63) is 28.8 Å². The van der Waals surface area contributed by atoms with Crippen molar-refractivity contribution in [3.8, 4) is 0 Å². The van der Waals surface area contributed by atoms with Crippen molar-refractivity contribution in [1.82, 2.24) is 5.32 Å². The van der Waals surface area contributed by atoms with E-state index in [0.29, 0.717) is 24.5 Å². The molecule has 0 aliphatic carbocycles. The summed E-state index contributed by atoms with van der Waals surface area (Å²) in [4.78, 5) is 24.0. The van der Waals surface area contributed by atoms with Crippen molar-refractivity contribution < 1.29 is 14.7 Å². The molecule has 2 amide bonds. The summed E-state index contributed by atoms with van der Waals surface area (Å²) in [5, 5.41) is 11.9. The van der Waals surface area contributed by atoms with E-state index in [-0.39, 0.29) is 12.5 Å². The Morgan fingerprint density at radius 2 is 2.21 bits per heavy atom. The molecule has 0 spiro atoms. The highest BCUT2D eigenvalue weighted by molar-refractivity contribution is 6.32. The number of hydrogen-bond donors (Lipinski definition) is 2. The molecule has 6 heteroatoms. The van der Waals surface area contributed by atoms with E-state index in [0.717, 1.165) is 17.7 Å². The summed E-state index contributed by atoms with van der Waals surface area (Å²) < 4.78 is 0. The summed E-state index contributed by atoms with van der Waals surface area (Å²) in [6.45, 7) is 0.960. The molecule has 1 heterocycles. The minimum Gasteiger partial charge on any atom is -0.481 e. The summed E-state index contributed by atoms with van der Waals surface area (Å²) in [5.41, 5.74) is 1.83. The molecule has 0 unspecified atom stereocenters. The number of carbonyl (C=O) groups excluding carboxylic acids is 1. The average molecular weight is 283 g/mol. The van der Waals surface area contributed by atoms with E-state index < -0.39 is 5.97 Å². The number of fused-ring (bicyclic) bond motifs is 1. The summed E-state index contributed by atoms with van der Waals surface area (Å²) in [5.74, 6) is -0.854. The lowest BCUT2D eigenvalue weighted by Gasteiger charge is -2.18. The lowest BCUT2D eigenvalue weighted by Crippen LogP contribution is -2.39. The molecule has 102 valence electrons. The molecule has 1 aromatic carbocycles. The number of rotatable bonds is 4. The molecule has 5 nitrogen and oxygen atoms in total. The monoisotopic (exact) mass is 282 g/mol. The van der Waals surface area contributed by atoms with E-state index in [1.54, 1.807) is 4.90 Å². The van der Waals surface area contributed by atoms with Gasteiger partial charge in [0.25, 0.3) is 0 Å². The van der Waals surface area contributed by atoms with E-state index >= 15 is 0 Å². The first-order valence-corrected chi connectivity index (χ1v) is 6.52. The summed E-state index contributed by atoms with van der Waals surface area (Å²) >= 11 is 6.08. The first-order valence-electron chi connectivity index (χ1n) is 6.14. The van der Waals surface area contributed by atoms with Gasteiger partial charge in [-0.1, -0.05) is 17.7 Å². The van der Waals surface area contributed by atoms with Crippen molar-refractivity contribution in [2.45, 2.75) is 19.3 Å². The molecule has 19 heavy (non-hydrogen) atoms. The number of urea groups is 1. The Bertz CT molecular complexity index is 505. The molecular formula is C13H15ClN2O3. The summed E-state index contributed by atoms with van der Waals surface area (Å²) in [6.07, 6.45) is 1.23. The minimum absolute atomic E-state index is 0.0582. The third-order valence-corrected chi connectivity index (χ3v) is 3.41. The van der Waals surface area contributed by atoms with E-state index in [1.807, 2.05) is 18.2 Å². The van der Waals surface area contributed by atoms with Crippen molar-refractivity contribution >= 4 is 29.3 Å². The quantitative estimate of drug-likeness (QED) is 0.833. The number of anilines is 1. The third-order valence-electron chi connectivity index (χ3n) is 3.06. The Morgan fingerprint density at radius 3 is 2.95 bits per heavy atom. The zero-order valence-corrected chi connectivity index (χ0v) is 11.1. The van der Waals surface area contributed by atoms with Gasteiger partial charge in [-0.3, -0.25) is 9.69 Å². The second-order valence-electron chi connectivity index (χ2n) is 4.37. The molecule has 0 saturated heterocycles. The molecular weight excluding hydrogens is 268 g/mol. The first kappa shape index (κ1) is 13.7. The number of nitrogens with zero attached hydrogens (tertiary/aromatic N) is 1. The Morgan fingerprint density at radius 1 is 1.42 bits per heavy atom. The standard InChI is InChI=1S/C13H15ClN2O3/c14-10-3-1-4-11-9(10)6-8-16(11)13(19)15-7-2-5-12(17)18/h1,3-4H,2,5-8H2,(H,15,19)(H,17,18). The van der Waals surface area contributed by atoms with Gasteiger partial charge in [-0.05, 0) is 30.5 Å². The van der Waals surface area contributed by atoms with Gasteiger partial charge in [-0.2, -0.15) is 0 Å². The second kappa shape index (κ2) is 5.93. The predicted octanol–water partition coefficient (Wildman–Crippen LogP) is 2.28. The number of nitrogens with one attached hydrogen (secondary N) is 1. The zero-order chi connectivity index (χ0) is 13.8. The van der Waals surface area contributed by atoms with Crippen molar-refractivity contribution in [2.75, 3.05) is 18.0 Å². The maximum Gasteiger partial charge on any atom is 0.321 e. The van der Waals surface area contributed by atoms with Gasteiger partial charge >= 0.3 is 12.0 Å². The molecule has 0 atom stereocenters. The van der Waals surface area contributed by atoms with Crippen LogP contribution in [0.25, 0.3) is 0 Å². The van der Waals surface area contributed by atoms with Crippen LogP contribution in [0.5, 0.6) is 0 Å². The van der Waals surface area contributed by atoms with Crippen molar-refractivity contribution in [3.63, 3.8) is 0 Å². The van der Waals surface area contributed by atoms with E-state index in [1.165, 1.54) is 0 Å². The third kappa shape index (κ3) is 3.17. The molecule has 0 bridgehead atoms. The number of carboxylic acid groups (broad SMARTS) is 1. The molecule has 0 saturated carbocycles. The molecule has 0 aromatic heterocycles. The van der Waals surface area contributed by atoms with Gasteiger partial charge < -0.3 is 10.4 Å². The molecule has 1 aromatic rings. The number of halogens is 1. The van der Waals surface area contributed by atoms with Gasteiger partial charge in [-0.15, -0.1) is 0 Å². The number of hydrogen-bond acceptors (Lipinski definition) is 2. The highest BCUT2D eigenvalue weighted by atomic mass is 35.5. The first-order chi connectivity index (χ1) is 9.09. The summed E-state index contributed by atoms with van der Waals surface area (Å²) in [7, 11) is 0. The highest BCUT2D eigenvalue weighted by Gasteiger charge is 2.25. The molecule has 1 aliphatic rings. The molecule has 2 N–H and O–H groups in total. The van der Waals surface area contributed by atoms with Gasteiger partial charge in [0.2, 0.25) is 0 Å². The fourth-order valence-corrected chi connectivity index (χ4v) is 2.40. The lowest BCUT2D eigenvalue weighted by molar-refractivity contribution is -0.137. The fourth-order valence-electron chi connectivity index (χ4n) is 2.13. The van der Waals surface area contributed by atoms with Gasteiger partial charge in [0.05, 0.1) is 5.69 Å². The van der Waals surface area contributed by atoms with Crippen LogP contribution in [0, 0.1) is 0 Å². The maximum absolute atomic E-state index is 12.0. The molecule has 0 fully saturated rings. The molecule has 0 radical (unpaired) electrons. The van der Waals surface area contributed by atoms with Gasteiger partial charge in [-0.25, -0.2) is 4.79 Å². The van der Waals surface area contributed by atoms with Crippen molar-refractivity contribution in [1.29, 1.82) is 0 Å². The minimum atomic E-state index is -0.854. The Labute approximate surface area is 116 Å². The molecule has 1 aliphatic heterocycles. The van der Waals surface area contributed by atoms with Crippen LogP contribution in [0.2, 0.25) is 5.02 Å². The normalized spacial score (nSPS) is 13.2. The zero-order valence-electron chi connectivity index (χ0n) is 10.4. The number of benzene rings is 1. The van der Waals surface area contributed by atoms with E-state index in [2.05, 4.69) is 5.32 Å². The lowest BCUT2D eigenvalue weighted by atomic mass is 10.2. The van der Waals surface area contributed by atoms with Crippen LogP contribution in [-0.4, -0.2) is 30.2 Å². The number of amides is 2. The van der Waals surface area contributed by atoms with Crippen LogP contribution < -0.4 is 10.2 Å². The van der Waals surface area contributed by atoms with E-state index in [9.17, 15) is 9.59 Å².